The first-order valence-corrected chi connectivity index (χ1v) is 7.52. The lowest BCUT2D eigenvalue weighted by Gasteiger charge is -2.12. The van der Waals surface area contributed by atoms with Crippen LogP contribution in [0.5, 0.6) is 0 Å². The van der Waals surface area contributed by atoms with Crippen LogP contribution >= 0.6 is 0 Å². The summed E-state index contributed by atoms with van der Waals surface area (Å²) in [6.07, 6.45) is 0.453. The van der Waals surface area contributed by atoms with Gasteiger partial charge in [-0.1, -0.05) is 6.92 Å². The molecule has 1 aliphatic rings. The number of carbonyl (C=O) groups is 1. The molecule has 6 heteroatoms. The van der Waals surface area contributed by atoms with Gasteiger partial charge in [0.25, 0.3) is 0 Å². The molecule has 0 aliphatic carbocycles. The zero-order valence-corrected chi connectivity index (χ0v) is 11.0. The average molecular weight is 268 g/mol. The molecular formula is C12H16N2O3S. The lowest BCUT2D eigenvalue weighted by molar-refractivity contribution is -0.119. The maximum Gasteiger partial charge on any atom is 0.222 e. The molecule has 1 heterocycles. The molecule has 1 saturated heterocycles. The lowest BCUT2D eigenvalue weighted by atomic mass is 10.2. The molecular weight excluding hydrogens is 252 g/mol. The first kappa shape index (κ1) is 12.9. The van der Waals surface area contributed by atoms with Crippen LogP contribution in [0.15, 0.2) is 29.2 Å². The largest absolute Gasteiger partial charge is 0.380 e. The van der Waals surface area contributed by atoms with Crippen molar-refractivity contribution < 1.29 is 13.2 Å². The zero-order chi connectivity index (χ0) is 13.2. The highest BCUT2D eigenvalue weighted by Crippen LogP contribution is 2.17. The molecule has 0 radical (unpaired) electrons. The molecule has 1 aromatic rings. The second-order valence-corrected chi connectivity index (χ2v) is 6.56. The standard InChI is InChI=1S/C12H16N2O3S/c1-2-18(16,17)11-5-3-9(4-6-11)14-10-7-12(15)13-8-10/h3-6,10,14H,2,7-8H2,1H3,(H,13,15). The number of sulfone groups is 1. The Hall–Kier alpha value is -1.56. The second-order valence-electron chi connectivity index (χ2n) is 4.28. The van der Waals surface area contributed by atoms with Gasteiger partial charge >= 0.3 is 0 Å². The van der Waals surface area contributed by atoms with Crippen LogP contribution in [0.25, 0.3) is 0 Å². The Bertz CT molecular complexity index is 537. The zero-order valence-electron chi connectivity index (χ0n) is 10.1. The minimum absolute atomic E-state index is 0.0395. The molecule has 1 amide bonds. The van der Waals surface area contributed by atoms with Crippen molar-refractivity contribution in [3.63, 3.8) is 0 Å². The predicted octanol–water partition coefficient (Wildman–Crippen LogP) is 0.781. The van der Waals surface area contributed by atoms with Gasteiger partial charge in [0.05, 0.1) is 16.7 Å². The minimum Gasteiger partial charge on any atom is -0.380 e. The monoisotopic (exact) mass is 268 g/mol. The maximum absolute atomic E-state index is 11.6. The molecule has 0 spiro atoms. The molecule has 1 unspecified atom stereocenters. The van der Waals surface area contributed by atoms with Crippen molar-refractivity contribution in [1.82, 2.24) is 5.32 Å². The molecule has 0 aromatic heterocycles. The Morgan fingerprint density at radius 2 is 2.00 bits per heavy atom. The van der Waals surface area contributed by atoms with Crippen LogP contribution in [0, 0.1) is 0 Å². The van der Waals surface area contributed by atoms with Crippen LogP contribution in [-0.2, 0) is 14.6 Å². The van der Waals surface area contributed by atoms with E-state index in [0.29, 0.717) is 17.9 Å². The maximum atomic E-state index is 11.6. The first-order valence-electron chi connectivity index (χ1n) is 5.87. The highest BCUT2D eigenvalue weighted by atomic mass is 32.2. The van der Waals surface area contributed by atoms with Crippen LogP contribution in [-0.4, -0.2) is 32.7 Å². The van der Waals surface area contributed by atoms with Crippen LogP contribution in [0.2, 0.25) is 0 Å². The molecule has 0 bridgehead atoms. The molecule has 1 fully saturated rings. The van der Waals surface area contributed by atoms with E-state index in [-0.39, 0.29) is 17.7 Å². The van der Waals surface area contributed by atoms with Gasteiger partial charge in [0.1, 0.15) is 0 Å². The summed E-state index contributed by atoms with van der Waals surface area (Å²) in [5.74, 6) is 0.138. The van der Waals surface area contributed by atoms with E-state index in [9.17, 15) is 13.2 Å². The van der Waals surface area contributed by atoms with Crippen molar-refractivity contribution >= 4 is 21.4 Å². The van der Waals surface area contributed by atoms with E-state index in [2.05, 4.69) is 10.6 Å². The number of anilines is 1. The summed E-state index contributed by atoms with van der Waals surface area (Å²) in [7, 11) is -3.15. The predicted molar refractivity (Wildman–Crippen MR) is 69.2 cm³/mol. The van der Waals surface area contributed by atoms with E-state index in [4.69, 9.17) is 0 Å². The molecule has 1 aliphatic heterocycles. The number of amides is 1. The van der Waals surface area contributed by atoms with E-state index in [1.54, 1.807) is 31.2 Å². The van der Waals surface area contributed by atoms with Crippen molar-refractivity contribution in [3.05, 3.63) is 24.3 Å². The van der Waals surface area contributed by atoms with Crippen LogP contribution in [0.1, 0.15) is 13.3 Å². The van der Waals surface area contributed by atoms with Gasteiger partial charge in [-0.3, -0.25) is 4.79 Å². The van der Waals surface area contributed by atoms with E-state index in [1.165, 1.54) is 0 Å². The van der Waals surface area contributed by atoms with Gasteiger partial charge in [-0.15, -0.1) is 0 Å². The van der Waals surface area contributed by atoms with Crippen molar-refractivity contribution in [2.24, 2.45) is 0 Å². The summed E-state index contributed by atoms with van der Waals surface area (Å²) >= 11 is 0. The van der Waals surface area contributed by atoms with Gasteiger partial charge in [0.2, 0.25) is 5.91 Å². The third-order valence-electron chi connectivity index (χ3n) is 2.94. The molecule has 18 heavy (non-hydrogen) atoms. The lowest BCUT2D eigenvalue weighted by Crippen LogP contribution is -2.22. The van der Waals surface area contributed by atoms with Crippen molar-refractivity contribution in [2.45, 2.75) is 24.3 Å². The van der Waals surface area contributed by atoms with Gasteiger partial charge in [-0.05, 0) is 24.3 Å². The number of hydrogen-bond donors (Lipinski definition) is 2. The van der Waals surface area contributed by atoms with Crippen LogP contribution in [0.3, 0.4) is 0 Å². The summed E-state index contributed by atoms with van der Waals surface area (Å²) in [5.41, 5.74) is 0.826. The third kappa shape index (κ3) is 2.81. The van der Waals surface area contributed by atoms with Gasteiger partial charge in [-0.25, -0.2) is 8.42 Å². The molecule has 2 N–H and O–H groups in total. The fourth-order valence-corrected chi connectivity index (χ4v) is 2.75. The summed E-state index contributed by atoms with van der Waals surface area (Å²) < 4.78 is 23.2. The summed E-state index contributed by atoms with van der Waals surface area (Å²) in [6.45, 7) is 2.23. The Morgan fingerprint density at radius 1 is 1.33 bits per heavy atom. The Morgan fingerprint density at radius 3 is 2.50 bits per heavy atom. The molecule has 2 rings (SSSR count). The van der Waals surface area contributed by atoms with E-state index in [1.807, 2.05) is 0 Å². The van der Waals surface area contributed by atoms with Crippen molar-refractivity contribution in [3.8, 4) is 0 Å². The molecule has 5 nitrogen and oxygen atoms in total. The summed E-state index contributed by atoms with van der Waals surface area (Å²) in [4.78, 5) is 11.4. The van der Waals surface area contributed by atoms with Gasteiger partial charge < -0.3 is 10.6 Å². The summed E-state index contributed by atoms with van der Waals surface area (Å²) in [6, 6.07) is 6.71. The Labute approximate surface area is 107 Å². The van der Waals surface area contributed by atoms with Gasteiger partial charge in [-0.2, -0.15) is 0 Å². The third-order valence-corrected chi connectivity index (χ3v) is 4.69. The number of rotatable bonds is 4. The SMILES string of the molecule is CCS(=O)(=O)c1ccc(NC2CNC(=O)C2)cc1. The summed E-state index contributed by atoms with van der Waals surface area (Å²) in [5, 5.41) is 5.93. The number of hydrogen-bond acceptors (Lipinski definition) is 4. The van der Waals surface area contributed by atoms with Crippen LogP contribution < -0.4 is 10.6 Å². The average Bonchev–Trinajstić information content (AvgIpc) is 2.75. The van der Waals surface area contributed by atoms with Gasteiger partial charge in [0, 0.05) is 18.7 Å². The highest BCUT2D eigenvalue weighted by molar-refractivity contribution is 7.91. The number of carbonyl (C=O) groups excluding carboxylic acids is 1. The Balaban J connectivity index is 2.06. The molecule has 1 atom stereocenters. The fraction of sp³-hybridized carbons (Fsp3) is 0.417. The molecule has 0 saturated carbocycles. The molecule has 98 valence electrons. The number of nitrogens with one attached hydrogen (secondary N) is 2. The normalized spacial score (nSPS) is 19.6. The second kappa shape index (κ2) is 4.97. The topological polar surface area (TPSA) is 75.3 Å². The Kier molecular flexibility index (Phi) is 3.56. The smallest absolute Gasteiger partial charge is 0.222 e. The first-order chi connectivity index (χ1) is 8.51. The van der Waals surface area contributed by atoms with Gasteiger partial charge in [0.15, 0.2) is 9.84 Å². The quantitative estimate of drug-likeness (QED) is 0.846. The number of benzene rings is 1. The fourth-order valence-electron chi connectivity index (χ4n) is 1.87. The van der Waals surface area contributed by atoms with E-state index < -0.39 is 9.84 Å². The van der Waals surface area contributed by atoms with Crippen molar-refractivity contribution in [2.75, 3.05) is 17.6 Å². The van der Waals surface area contributed by atoms with E-state index in [0.717, 1.165) is 5.69 Å². The highest BCUT2D eigenvalue weighted by Gasteiger charge is 2.21. The van der Waals surface area contributed by atoms with Crippen LogP contribution in [0.4, 0.5) is 5.69 Å². The van der Waals surface area contributed by atoms with Crippen molar-refractivity contribution in [1.29, 1.82) is 0 Å². The molecule has 1 aromatic carbocycles. The van der Waals surface area contributed by atoms with E-state index >= 15 is 0 Å². The minimum atomic E-state index is -3.15.